The van der Waals surface area contributed by atoms with Gasteiger partial charge in [-0.25, -0.2) is 0 Å². The van der Waals surface area contributed by atoms with Crippen molar-refractivity contribution >= 4 is 11.6 Å². The topological polar surface area (TPSA) is 12.0 Å². The Morgan fingerprint density at radius 1 is 1.54 bits per heavy atom. The van der Waals surface area contributed by atoms with E-state index in [1.165, 1.54) is 5.56 Å². The second-order valence-corrected chi connectivity index (χ2v) is 3.43. The Kier molecular flexibility index (Phi) is 3.52. The Balaban J connectivity index is 3.06. The normalized spacial score (nSPS) is 12.5. The molecule has 1 nitrogen and oxygen atoms in total. The van der Waals surface area contributed by atoms with E-state index in [0.29, 0.717) is 0 Å². The summed E-state index contributed by atoms with van der Waals surface area (Å²) >= 11 is 6.09. The summed E-state index contributed by atoms with van der Waals surface area (Å²) in [6.45, 7) is 5.78. The van der Waals surface area contributed by atoms with Crippen LogP contribution in [0.3, 0.4) is 0 Å². The van der Waals surface area contributed by atoms with Crippen molar-refractivity contribution in [1.82, 2.24) is 5.32 Å². The zero-order valence-corrected chi connectivity index (χ0v) is 8.73. The van der Waals surface area contributed by atoms with E-state index in [9.17, 15) is 0 Å². The third-order valence-corrected chi connectivity index (χ3v) is 2.37. The maximum absolute atomic E-state index is 6.09. The Morgan fingerprint density at radius 3 is 2.69 bits per heavy atom. The van der Waals surface area contributed by atoms with E-state index in [1.54, 1.807) is 0 Å². The summed E-state index contributed by atoms with van der Waals surface area (Å²) in [5.41, 5.74) is 2.25. The summed E-state index contributed by atoms with van der Waals surface area (Å²) in [5.74, 6) is 0. The molecule has 0 heterocycles. The molecule has 1 unspecified atom stereocenters. The first-order chi connectivity index (χ1) is 6.19. The predicted molar refractivity (Wildman–Crippen MR) is 58.2 cm³/mol. The van der Waals surface area contributed by atoms with Crippen LogP contribution >= 0.6 is 11.6 Å². The molecule has 13 heavy (non-hydrogen) atoms. The Bertz CT molecular complexity index is 307. The van der Waals surface area contributed by atoms with Gasteiger partial charge in [0, 0.05) is 5.02 Å². The maximum atomic E-state index is 6.09. The van der Waals surface area contributed by atoms with E-state index in [0.717, 1.165) is 10.6 Å². The molecule has 0 saturated heterocycles. The van der Waals surface area contributed by atoms with Crippen LogP contribution in [0.4, 0.5) is 0 Å². The van der Waals surface area contributed by atoms with E-state index in [-0.39, 0.29) is 6.04 Å². The van der Waals surface area contributed by atoms with Gasteiger partial charge in [0.1, 0.15) is 0 Å². The molecule has 70 valence electrons. The molecule has 0 aliphatic carbocycles. The van der Waals surface area contributed by atoms with Crippen LogP contribution in [0.2, 0.25) is 5.02 Å². The van der Waals surface area contributed by atoms with Gasteiger partial charge in [0.05, 0.1) is 6.04 Å². The fourth-order valence-electron chi connectivity index (χ4n) is 1.28. The van der Waals surface area contributed by atoms with Crippen LogP contribution in [0.1, 0.15) is 17.2 Å². The molecule has 1 atom stereocenters. The highest BCUT2D eigenvalue weighted by Gasteiger charge is 2.08. The van der Waals surface area contributed by atoms with Crippen molar-refractivity contribution < 1.29 is 0 Å². The van der Waals surface area contributed by atoms with E-state index in [2.05, 4.69) is 18.0 Å². The minimum Gasteiger partial charge on any atom is -0.310 e. The molecule has 0 radical (unpaired) electrons. The molecular weight excluding hydrogens is 182 g/mol. The molecule has 0 aliphatic rings. The molecule has 0 aliphatic heterocycles. The third-order valence-electron chi connectivity index (χ3n) is 2.04. The summed E-state index contributed by atoms with van der Waals surface area (Å²) in [4.78, 5) is 0. The largest absolute Gasteiger partial charge is 0.310 e. The first-order valence-electron chi connectivity index (χ1n) is 4.25. The van der Waals surface area contributed by atoms with Gasteiger partial charge in [0.2, 0.25) is 0 Å². The lowest BCUT2D eigenvalue weighted by atomic mass is 10.1. The molecule has 0 spiro atoms. The van der Waals surface area contributed by atoms with E-state index < -0.39 is 0 Å². The molecule has 0 amide bonds. The van der Waals surface area contributed by atoms with Crippen molar-refractivity contribution in [3.8, 4) is 0 Å². The number of hydrogen-bond acceptors (Lipinski definition) is 1. The smallest absolute Gasteiger partial charge is 0.0516 e. The summed E-state index contributed by atoms with van der Waals surface area (Å²) in [5, 5.41) is 3.92. The molecule has 1 N–H and O–H groups in total. The van der Waals surface area contributed by atoms with Crippen LogP contribution in [0.25, 0.3) is 0 Å². The van der Waals surface area contributed by atoms with Crippen molar-refractivity contribution in [1.29, 1.82) is 0 Å². The SMILES string of the molecule is C=CC(NC)c1ccc(C)cc1Cl. The van der Waals surface area contributed by atoms with Gasteiger partial charge in [-0.3, -0.25) is 0 Å². The maximum Gasteiger partial charge on any atom is 0.0516 e. The van der Waals surface area contributed by atoms with Crippen LogP contribution in [0, 0.1) is 6.92 Å². The van der Waals surface area contributed by atoms with Crippen LogP contribution in [-0.2, 0) is 0 Å². The highest BCUT2D eigenvalue weighted by Crippen LogP contribution is 2.24. The number of benzene rings is 1. The van der Waals surface area contributed by atoms with E-state index >= 15 is 0 Å². The average Bonchev–Trinajstić information content (AvgIpc) is 2.10. The van der Waals surface area contributed by atoms with Gasteiger partial charge >= 0.3 is 0 Å². The minimum atomic E-state index is 0.132. The van der Waals surface area contributed by atoms with Crippen molar-refractivity contribution in [3.05, 3.63) is 47.0 Å². The summed E-state index contributed by atoms with van der Waals surface area (Å²) < 4.78 is 0. The second-order valence-electron chi connectivity index (χ2n) is 3.03. The zero-order valence-electron chi connectivity index (χ0n) is 7.97. The Morgan fingerprint density at radius 2 is 2.23 bits per heavy atom. The monoisotopic (exact) mass is 195 g/mol. The first-order valence-corrected chi connectivity index (χ1v) is 4.62. The summed E-state index contributed by atoms with van der Waals surface area (Å²) in [7, 11) is 1.89. The molecule has 1 rings (SSSR count). The average molecular weight is 196 g/mol. The lowest BCUT2D eigenvalue weighted by molar-refractivity contribution is 0.716. The first kappa shape index (κ1) is 10.3. The van der Waals surface area contributed by atoms with Crippen molar-refractivity contribution in [2.45, 2.75) is 13.0 Å². The lowest BCUT2D eigenvalue weighted by Gasteiger charge is -2.13. The number of nitrogens with one attached hydrogen (secondary N) is 1. The van der Waals surface area contributed by atoms with E-state index in [4.69, 9.17) is 11.6 Å². The molecule has 2 heteroatoms. The van der Waals surface area contributed by atoms with Gasteiger partial charge < -0.3 is 5.32 Å². The number of rotatable bonds is 3. The fraction of sp³-hybridized carbons (Fsp3) is 0.273. The van der Waals surface area contributed by atoms with Gasteiger partial charge in [-0.15, -0.1) is 6.58 Å². The van der Waals surface area contributed by atoms with Crippen LogP contribution in [0.15, 0.2) is 30.9 Å². The summed E-state index contributed by atoms with van der Waals surface area (Å²) in [6.07, 6.45) is 1.84. The fourth-order valence-corrected chi connectivity index (χ4v) is 1.64. The number of aryl methyl sites for hydroxylation is 1. The van der Waals surface area contributed by atoms with Crippen molar-refractivity contribution in [2.24, 2.45) is 0 Å². The zero-order chi connectivity index (χ0) is 9.84. The highest BCUT2D eigenvalue weighted by atomic mass is 35.5. The molecule has 1 aromatic carbocycles. The molecule has 0 saturated carbocycles. The van der Waals surface area contributed by atoms with Crippen molar-refractivity contribution in [2.75, 3.05) is 7.05 Å². The Labute approximate surface area is 84.4 Å². The second kappa shape index (κ2) is 4.45. The predicted octanol–water partition coefficient (Wildman–Crippen LogP) is 3.09. The molecule has 0 bridgehead atoms. The number of halogens is 1. The van der Waals surface area contributed by atoms with Crippen LogP contribution in [0.5, 0.6) is 0 Å². The minimum absolute atomic E-state index is 0.132. The Hall–Kier alpha value is -0.790. The van der Waals surface area contributed by atoms with Crippen LogP contribution < -0.4 is 5.32 Å². The molecule has 1 aromatic rings. The standard InChI is InChI=1S/C11H14ClN/c1-4-11(13-3)9-6-5-8(2)7-10(9)12/h4-7,11,13H,1H2,2-3H3. The van der Waals surface area contributed by atoms with Crippen molar-refractivity contribution in [3.63, 3.8) is 0 Å². The quantitative estimate of drug-likeness (QED) is 0.731. The highest BCUT2D eigenvalue weighted by molar-refractivity contribution is 6.31. The van der Waals surface area contributed by atoms with Gasteiger partial charge in [-0.1, -0.05) is 29.8 Å². The molecule has 0 fully saturated rings. The van der Waals surface area contributed by atoms with Gasteiger partial charge in [-0.05, 0) is 31.2 Å². The lowest BCUT2D eigenvalue weighted by Crippen LogP contribution is -2.13. The van der Waals surface area contributed by atoms with Gasteiger partial charge in [0.25, 0.3) is 0 Å². The molecular formula is C11H14ClN. The van der Waals surface area contributed by atoms with Crippen LogP contribution in [-0.4, -0.2) is 7.05 Å². The van der Waals surface area contributed by atoms with E-state index in [1.807, 2.05) is 32.2 Å². The van der Waals surface area contributed by atoms with Gasteiger partial charge in [0.15, 0.2) is 0 Å². The number of likely N-dealkylation sites (N-methyl/N-ethyl adjacent to an activating group) is 1. The molecule has 0 aromatic heterocycles. The summed E-state index contributed by atoms with van der Waals surface area (Å²) in [6, 6.07) is 6.17. The van der Waals surface area contributed by atoms with Gasteiger partial charge in [-0.2, -0.15) is 0 Å². The number of hydrogen-bond donors (Lipinski definition) is 1. The third kappa shape index (κ3) is 2.33.